The molecule has 278 valence electrons. The molecule has 9 nitrogen and oxygen atoms in total. The van der Waals surface area contributed by atoms with Gasteiger partial charge in [0.1, 0.15) is 23.2 Å². The highest BCUT2D eigenvalue weighted by atomic mass is 31.2. The van der Waals surface area contributed by atoms with Crippen LogP contribution in [0.5, 0.6) is 11.5 Å². The zero-order valence-electron chi connectivity index (χ0n) is 31.4. The van der Waals surface area contributed by atoms with E-state index in [2.05, 4.69) is 91.9 Å². The van der Waals surface area contributed by atoms with Crippen LogP contribution in [0.3, 0.4) is 0 Å². The predicted molar refractivity (Wildman–Crippen MR) is 209 cm³/mol. The fraction of sp³-hybridized carbons (Fsp3) is 0.372. The number of nitriles is 1. The van der Waals surface area contributed by atoms with E-state index in [0.29, 0.717) is 6.42 Å². The smallest absolute Gasteiger partial charge is 0.259 e. The van der Waals surface area contributed by atoms with Crippen LogP contribution in [0.15, 0.2) is 109 Å². The molecule has 1 N–H and O–H groups in total. The topological polar surface area (TPSA) is 98.2 Å². The van der Waals surface area contributed by atoms with Gasteiger partial charge < -0.3 is 33.0 Å². The van der Waals surface area contributed by atoms with Crippen molar-refractivity contribution in [3.05, 3.63) is 132 Å². The average molecular weight is 736 g/mol. The van der Waals surface area contributed by atoms with Gasteiger partial charge >= 0.3 is 0 Å². The highest BCUT2D eigenvalue weighted by Gasteiger charge is 2.45. The van der Waals surface area contributed by atoms with E-state index in [1.54, 1.807) is 14.2 Å². The first-order chi connectivity index (χ1) is 25.8. The summed E-state index contributed by atoms with van der Waals surface area (Å²) in [5.74, 6) is 1.51. The van der Waals surface area contributed by atoms with Crippen molar-refractivity contribution >= 4 is 19.4 Å². The molecule has 1 aliphatic rings. The van der Waals surface area contributed by atoms with E-state index in [1.807, 2.05) is 60.8 Å². The highest BCUT2D eigenvalue weighted by molar-refractivity contribution is 7.44. The van der Waals surface area contributed by atoms with Gasteiger partial charge in [-0.1, -0.05) is 72.8 Å². The van der Waals surface area contributed by atoms with E-state index in [0.717, 1.165) is 44.7 Å². The molecule has 6 rings (SSSR count). The van der Waals surface area contributed by atoms with E-state index in [-0.39, 0.29) is 43.9 Å². The second-order valence-corrected chi connectivity index (χ2v) is 15.1. The molecule has 0 aliphatic carbocycles. The number of hydrogen-bond acceptors (Lipinski definition) is 8. The van der Waals surface area contributed by atoms with Gasteiger partial charge in [-0.25, -0.2) is 4.67 Å². The Bertz CT molecular complexity index is 1870. The second kappa shape index (κ2) is 17.7. The number of nitrogens with one attached hydrogen (secondary N) is 1. The quantitative estimate of drug-likeness (QED) is 0.0573. The summed E-state index contributed by atoms with van der Waals surface area (Å²) in [5, 5.41) is 10.5. The van der Waals surface area contributed by atoms with Gasteiger partial charge in [-0.2, -0.15) is 5.26 Å². The maximum Gasteiger partial charge on any atom is 0.259 e. The zero-order valence-corrected chi connectivity index (χ0v) is 32.3. The Morgan fingerprint density at radius 2 is 1.42 bits per heavy atom. The molecule has 1 unspecified atom stereocenters. The fourth-order valence-electron chi connectivity index (χ4n) is 7.23. The molecule has 4 atom stereocenters. The highest BCUT2D eigenvalue weighted by Crippen LogP contribution is 2.51. The number of nitrogens with zero attached hydrogens (tertiary/aromatic N) is 2. The molecule has 0 amide bonds. The summed E-state index contributed by atoms with van der Waals surface area (Å²) in [5.41, 5.74) is 3.95. The lowest BCUT2D eigenvalue weighted by Gasteiger charge is -2.39. The third kappa shape index (κ3) is 8.45. The van der Waals surface area contributed by atoms with Crippen LogP contribution < -0.4 is 9.47 Å². The monoisotopic (exact) mass is 735 g/mol. The maximum absolute atomic E-state index is 9.35. The fourth-order valence-corrected chi connectivity index (χ4v) is 8.98. The van der Waals surface area contributed by atoms with Crippen LogP contribution >= 0.6 is 8.53 Å². The van der Waals surface area contributed by atoms with Gasteiger partial charge in [-0.3, -0.25) is 0 Å². The van der Waals surface area contributed by atoms with Crippen LogP contribution in [-0.2, 0) is 24.1 Å². The third-order valence-electron chi connectivity index (χ3n) is 9.69. The average Bonchev–Trinajstić information content (AvgIpc) is 3.79. The molecule has 0 bridgehead atoms. The molecule has 0 saturated carbocycles. The molecule has 1 aromatic heterocycles. The van der Waals surface area contributed by atoms with Gasteiger partial charge in [0.05, 0.1) is 52.1 Å². The Balaban J connectivity index is 1.42. The number of ether oxygens (including phenoxy) is 4. The lowest BCUT2D eigenvalue weighted by molar-refractivity contribution is -0.0804. The lowest BCUT2D eigenvalue weighted by atomic mass is 9.80. The van der Waals surface area contributed by atoms with Crippen molar-refractivity contribution in [2.75, 3.05) is 27.4 Å². The number of aromatic nitrogens is 1. The van der Waals surface area contributed by atoms with Crippen LogP contribution in [0.1, 0.15) is 68.9 Å². The Kier molecular flexibility index (Phi) is 12.9. The van der Waals surface area contributed by atoms with Crippen molar-refractivity contribution in [1.82, 2.24) is 9.65 Å². The van der Waals surface area contributed by atoms with Crippen molar-refractivity contribution in [3.63, 3.8) is 0 Å². The molecule has 5 aromatic rings. The molecule has 1 fully saturated rings. The number of aromatic amines is 1. The Morgan fingerprint density at radius 1 is 0.830 bits per heavy atom. The van der Waals surface area contributed by atoms with Crippen molar-refractivity contribution in [2.45, 2.75) is 76.5 Å². The SMILES string of the molecule is COc1ccc(C(OC[C@H]2O[C@@H](c3c[nH]c4ccccc34)C[C@@H]2OP(OCCC#N)N(C(C)C)C(C)C)(c2ccccc2)c2ccc(OC)cc2)cc1. The van der Waals surface area contributed by atoms with E-state index >= 15 is 0 Å². The second-order valence-electron chi connectivity index (χ2n) is 13.7. The lowest BCUT2D eigenvalue weighted by Crippen LogP contribution is -2.39. The Hall–Kier alpha value is -4.26. The van der Waals surface area contributed by atoms with E-state index in [1.165, 1.54) is 0 Å². The van der Waals surface area contributed by atoms with Gasteiger partial charge in [-0.15, -0.1) is 0 Å². The first kappa shape index (κ1) is 38.5. The standard InChI is InChI=1S/C43H50N3O6P/c1-30(2)46(31(3)4)53(50-26-12-25-44)52-41-27-40(38-28-45-39-16-11-10-15-37(38)39)51-42(41)29-49-43(32-13-8-7-9-14-32,33-17-21-35(47-5)22-18-33)34-19-23-36(48-6)24-20-34/h7-11,13-24,28,30-31,40-42,45H,12,26-27,29H2,1-6H3/t40-,41+,42-,53?/m1/s1. The van der Waals surface area contributed by atoms with Gasteiger partial charge in [0, 0.05) is 41.2 Å². The molecule has 1 aliphatic heterocycles. The summed E-state index contributed by atoms with van der Waals surface area (Å²) in [6.07, 6.45) is 1.84. The van der Waals surface area contributed by atoms with Gasteiger partial charge in [0.25, 0.3) is 8.53 Å². The zero-order chi connectivity index (χ0) is 37.4. The van der Waals surface area contributed by atoms with E-state index in [4.69, 9.17) is 28.0 Å². The minimum atomic E-state index is -1.53. The van der Waals surface area contributed by atoms with Crippen molar-refractivity contribution < 1.29 is 28.0 Å². The number of benzene rings is 4. The van der Waals surface area contributed by atoms with Crippen molar-refractivity contribution in [2.24, 2.45) is 0 Å². The first-order valence-electron chi connectivity index (χ1n) is 18.2. The number of fused-ring (bicyclic) bond motifs is 1. The normalized spacial score (nSPS) is 18.2. The van der Waals surface area contributed by atoms with Gasteiger partial charge in [0.15, 0.2) is 0 Å². The molecule has 4 aromatic carbocycles. The molecule has 53 heavy (non-hydrogen) atoms. The number of methoxy groups -OCH3 is 2. The summed E-state index contributed by atoms with van der Waals surface area (Å²) in [6, 6.07) is 37.1. The Labute approximate surface area is 314 Å². The Morgan fingerprint density at radius 3 is 2.00 bits per heavy atom. The summed E-state index contributed by atoms with van der Waals surface area (Å²) in [6.45, 7) is 9.07. The molecular formula is C43H50N3O6P. The minimum absolute atomic E-state index is 0.153. The molecule has 10 heteroatoms. The molecule has 1 saturated heterocycles. The van der Waals surface area contributed by atoms with E-state index in [9.17, 15) is 5.26 Å². The number of hydrogen-bond donors (Lipinski definition) is 1. The largest absolute Gasteiger partial charge is 0.497 e. The van der Waals surface area contributed by atoms with Crippen molar-refractivity contribution in [1.29, 1.82) is 5.26 Å². The summed E-state index contributed by atoms with van der Waals surface area (Å²) in [7, 11) is 1.80. The van der Waals surface area contributed by atoms with Crippen LogP contribution in [0.2, 0.25) is 0 Å². The predicted octanol–water partition coefficient (Wildman–Crippen LogP) is 9.68. The molecule has 0 radical (unpaired) electrons. The number of rotatable bonds is 17. The molecular weight excluding hydrogens is 685 g/mol. The third-order valence-corrected chi connectivity index (χ3v) is 11.8. The van der Waals surface area contributed by atoms with Gasteiger partial charge in [0.2, 0.25) is 0 Å². The van der Waals surface area contributed by atoms with E-state index < -0.39 is 20.2 Å². The minimum Gasteiger partial charge on any atom is -0.497 e. The molecule has 2 heterocycles. The summed E-state index contributed by atoms with van der Waals surface area (Å²) >= 11 is 0. The van der Waals surface area contributed by atoms with Crippen LogP contribution in [0.25, 0.3) is 10.9 Å². The summed E-state index contributed by atoms with van der Waals surface area (Å²) < 4.78 is 41.2. The molecule has 0 spiro atoms. The summed E-state index contributed by atoms with van der Waals surface area (Å²) in [4.78, 5) is 3.43. The van der Waals surface area contributed by atoms with Crippen LogP contribution in [0.4, 0.5) is 0 Å². The van der Waals surface area contributed by atoms with Crippen LogP contribution in [-0.4, -0.2) is 61.4 Å². The first-order valence-corrected chi connectivity index (χ1v) is 19.4. The number of para-hydroxylation sites is 1. The van der Waals surface area contributed by atoms with Gasteiger partial charge in [-0.05, 0) is 74.7 Å². The maximum atomic E-state index is 9.35. The number of H-pyrrole nitrogens is 1. The van der Waals surface area contributed by atoms with Crippen molar-refractivity contribution in [3.8, 4) is 17.6 Å². The van der Waals surface area contributed by atoms with Crippen LogP contribution in [0, 0.1) is 11.3 Å².